The summed E-state index contributed by atoms with van der Waals surface area (Å²) in [7, 11) is 0. The lowest BCUT2D eigenvalue weighted by molar-refractivity contribution is -0.151. The molecular weight excluding hydrogens is 440 g/mol. The zero-order valence-corrected chi connectivity index (χ0v) is 19.4. The molecular formula is C29H26N2O4. The minimum Gasteiger partial charge on any atom is -0.480 e. The van der Waals surface area contributed by atoms with Crippen molar-refractivity contribution in [3.63, 3.8) is 0 Å². The van der Waals surface area contributed by atoms with Crippen LogP contribution in [0.15, 0.2) is 66.7 Å². The molecule has 176 valence electrons. The number of carbonyl (C=O) groups is 3. The van der Waals surface area contributed by atoms with Crippen LogP contribution in [-0.4, -0.2) is 39.9 Å². The van der Waals surface area contributed by atoms with Crippen LogP contribution in [0.3, 0.4) is 0 Å². The molecule has 35 heavy (non-hydrogen) atoms. The maximum Gasteiger partial charge on any atom is 0.325 e. The van der Waals surface area contributed by atoms with Crippen LogP contribution in [0.1, 0.15) is 29.2 Å². The molecule has 2 N–H and O–H groups in total. The van der Waals surface area contributed by atoms with Crippen LogP contribution in [0, 0.1) is 31.1 Å². The van der Waals surface area contributed by atoms with Crippen molar-refractivity contribution in [3.8, 4) is 12.3 Å². The number of nitrogens with one attached hydrogen (secondary N) is 1. The fourth-order valence-electron chi connectivity index (χ4n) is 5.77. The van der Waals surface area contributed by atoms with Gasteiger partial charge in [-0.3, -0.25) is 24.6 Å². The van der Waals surface area contributed by atoms with Gasteiger partial charge in [-0.25, -0.2) is 0 Å². The van der Waals surface area contributed by atoms with Gasteiger partial charge in [0.15, 0.2) is 0 Å². The molecule has 0 saturated carbocycles. The summed E-state index contributed by atoms with van der Waals surface area (Å²) in [4.78, 5) is 41.3. The first-order valence-electron chi connectivity index (χ1n) is 11.7. The van der Waals surface area contributed by atoms with Crippen LogP contribution in [-0.2, 0) is 20.8 Å². The molecule has 2 saturated heterocycles. The Labute approximate surface area is 203 Å². The fraction of sp³-hybridized carbons (Fsp3) is 0.276. The highest BCUT2D eigenvalue weighted by Gasteiger charge is 2.68. The van der Waals surface area contributed by atoms with Gasteiger partial charge in [0, 0.05) is 25.4 Å². The van der Waals surface area contributed by atoms with E-state index in [1.165, 1.54) is 4.90 Å². The summed E-state index contributed by atoms with van der Waals surface area (Å²) in [5, 5.41) is 15.9. The second-order valence-corrected chi connectivity index (χ2v) is 9.40. The highest BCUT2D eigenvalue weighted by Crippen LogP contribution is 2.50. The van der Waals surface area contributed by atoms with Crippen LogP contribution in [0.2, 0.25) is 0 Å². The maximum absolute atomic E-state index is 13.6. The lowest BCUT2D eigenvalue weighted by Crippen LogP contribution is -2.57. The smallest absolute Gasteiger partial charge is 0.325 e. The monoisotopic (exact) mass is 466 g/mol. The van der Waals surface area contributed by atoms with E-state index in [0.29, 0.717) is 0 Å². The van der Waals surface area contributed by atoms with Crippen molar-refractivity contribution in [2.45, 2.75) is 31.3 Å². The number of carboxylic acid groups (broad SMARTS) is 1. The lowest BCUT2D eigenvalue weighted by atomic mass is 9.76. The molecule has 6 heteroatoms. The van der Waals surface area contributed by atoms with E-state index in [4.69, 9.17) is 6.42 Å². The quantitative estimate of drug-likeness (QED) is 0.429. The van der Waals surface area contributed by atoms with E-state index in [9.17, 15) is 19.5 Å². The van der Waals surface area contributed by atoms with E-state index in [1.807, 2.05) is 73.7 Å². The zero-order chi connectivity index (χ0) is 24.7. The van der Waals surface area contributed by atoms with E-state index in [1.54, 1.807) is 0 Å². The predicted octanol–water partition coefficient (Wildman–Crippen LogP) is 3.48. The van der Waals surface area contributed by atoms with Gasteiger partial charge >= 0.3 is 5.97 Å². The number of amides is 2. The van der Waals surface area contributed by atoms with Crippen LogP contribution in [0.25, 0.3) is 10.8 Å². The largest absolute Gasteiger partial charge is 0.480 e. The lowest BCUT2D eigenvalue weighted by Gasteiger charge is -2.31. The van der Waals surface area contributed by atoms with Crippen LogP contribution in [0.4, 0.5) is 0 Å². The second-order valence-electron chi connectivity index (χ2n) is 9.40. The van der Waals surface area contributed by atoms with E-state index in [-0.39, 0.29) is 25.3 Å². The summed E-state index contributed by atoms with van der Waals surface area (Å²) in [5.74, 6) is -1.36. The number of hydrogen-bond acceptors (Lipinski definition) is 4. The number of carboxylic acids is 1. The molecule has 0 aliphatic carbocycles. The van der Waals surface area contributed by atoms with Gasteiger partial charge in [-0.1, -0.05) is 66.7 Å². The third kappa shape index (κ3) is 3.60. The number of carbonyl (C=O) groups excluding carboxylic acids is 2. The molecule has 6 nitrogen and oxygen atoms in total. The van der Waals surface area contributed by atoms with Gasteiger partial charge in [-0.15, -0.1) is 12.3 Å². The van der Waals surface area contributed by atoms with Gasteiger partial charge in [0.05, 0.1) is 11.8 Å². The third-order valence-corrected chi connectivity index (χ3v) is 7.43. The van der Waals surface area contributed by atoms with Crippen molar-refractivity contribution in [3.05, 3.63) is 83.4 Å². The fourth-order valence-corrected chi connectivity index (χ4v) is 5.77. The second kappa shape index (κ2) is 8.68. The number of terminal acetylenes is 1. The van der Waals surface area contributed by atoms with Crippen molar-refractivity contribution in [1.29, 1.82) is 0 Å². The number of imide groups is 1. The average molecular weight is 467 g/mol. The molecule has 2 fully saturated rings. The summed E-state index contributed by atoms with van der Waals surface area (Å²) in [5.41, 5.74) is 0.893. The van der Waals surface area contributed by atoms with Crippen LogP contribution >= 0.6 is 0 Å². The van der Waals surface area contributed by atoms with Crippen molar-refractivity contribution in [2.24, 2.45) is 11.8 Å². The molecule has 2 aliphatic heterocycles. The first-order valence-corrected chi connectivity index (χ1v) is 11.7. The Hall–Kier alpha value is -3.95. The number of benzene rings is 3. The Balaban J connectivity index is 1.63. The predicted molar refractivity (Wildman–Crippen MR) is 132 cm³/mol. The number of likely N-dealkylation sites (tertiary alicyclic amines) is 1. The normalized spacial score (nSPS) is 25.6. The molecule has 5 rings (SSSR count). The van der Waals surface area contributed by atoms with Gasteiger partial charge in [0.25, 0.3) is 0 Å². The Bertz CT molecular complexity index is 1390. The van der Waals surface area contributed by atoms with Crippen LogP contribution < -0.4 is 5.32 Å². The van der Waals surface area contributed by atoms with Gasteiger partial charge in [0.2, 0.25) is 11.8 Å². The molecule has 0 spiro atoms. The van der Waals surface area contributed by atoms with Gasteiger partial charge in [-0.2, -0.15) is 0 Å². The van der Waals surface area contributed by atoms with Crippen molar-refractivity contribution < 1.29 is 19.5 Å². The number of fused-ring (bicyclic) bond motifs is 2. The van der Waals surface area contributed by atoms with E-state index < -0.39 is 35.3 Å². The Morgan fingerprint density at radius 3 is 2.49 bits per heavy atom. The van der Waals surface area contributed by atoms with Gasteiger partial charge in [0.1, 0.15) is 5.54 Å². The average Bonchev–Trinajstić information content (AvgIpc) is 3.32. The summed E-state index contributed by atoms with van der Waals surface area (Å²) in [6, 6.07) is 20.6. The minimum atomic E-state index is -1.64. The van der Waals surface area contributed by atoms with Crippen molar-refractivity contribution >= 4 is 28.6 Å². The van der Waals surface area contributed by atoms with E-state index in [2.05, 4.69) is 11.2 Å². The molecule has 4 unspecified atom stereocenters. The highest BCUT2D eigenvalue weighted by molar-refractivity contribution is 6.09. The summed E-state index contributed by atoms with van der Waals surface area (Å²) < 4.78 is 0. The minimum absolute atomic E-state index is 0.0682. The number of rotatable bonds is 6. The molecule has 3 aromatic rings. The molecule has 0 radical (unpaired) electrons. The van der Waals surface area contributed by atoms with E-state index in [0.717, 1.165) is 27.5 Å². The SMILES string of the molecule is C#CCCN1C(=O)C2C(c3ccccc3C)NC(Cc3ccc4ccccc4c3)(C(=O)O)C2C1=O. The first-order chi connectivity index (χ1) is 16.9. The molecule has 2 heterocycles. The molecule has 0 aromatic heterocycles. The zero-order valence-electron chi connectivity index (χ0n) is 19.4. The van der Waals surface area contributed by atoms with Crippen molar-refractivity contribution in [2.75, 3.05) is 6.54 Å². The number of aryl methyl sites for hydroxylation is 1. The van der Waals surface area contributed by atoms with Crippen molar-refractivity contribution in [1.82, 2.24) is 10.2 Å². The molecule has 0 bridgehead atoms. The number of nitrogens with zero attached hydrogens (tertiary/aromatic N) is 1. The maximum atomic E-state index is 13.6. The molecule has 3 aromatic carbocycles. The molecule has 2 aliphatic rings. The van der Waals surface area contributed by atoms with Gasteiger partial charge in [-0.05, 0) is 34.4 Å². The van der Waals surface area contributed by atoms with Gasteiger partial charge < -0.3 is 5.11 Å². The Morgan fingerprint density at radius 2 is 1.77 bits per heavy atom. The summed E-state index contributed by atoms with van der Waals surface area (Å²) in [6.45, 7) is 2.01. The number of hydrogen-bond donors (Lipinski definition) is 2. The summed E-state index contributed by atoms with van der Waals surface area (Å²) in [6.07, 6.45) is 5.69. The Kier molecular flexibility index (Phi) is 5.66. The molecule has 4 atom stereocenters. The van der Waals surface area contributed by atoms with Crippen LogP contribution in [0.5, 0.6) is 0 Å². The summed E-state index contributed by atoms with van der Waals surface area (Å²) >= 11 is 0. The standard InChI is InChI=1S/C29H26N2O4/c1-3-4-15-31-26(32)23-24(27(31)33)29(28(34)35,30-25(23)22-12-8-5-9-18(22)2)17-19-13-14-20-10-6-7-11-21(20)16-19/h1,5-14,16,23-25,30H,4,15,17H2,2H3,(H,34,35). The Morgan fingerprint density at radius 1 is 1.06 bits per heavy atom. The molecule has 2 amide bonds. The topological polar surface area (TPSA) is 86.7 Å². The first kappa shape index (κ1) is 22.8. The third-order valence-electron chi connectivity index (χ3n) is 7.43. The number of aliphatic carboxylic acids is 1. The highest BCUT2D eigenvalue weighted by atomic mass is 16.4. The van der Waals surface area contributed by atoms with E-state index >= 15 is 0 Å².